The standard InChI is InChI=1S/C19H21ClO4/c1-2-6-18-22-12-17(24-18)19(23-14-7-4-3-5-8-14)13-9-10-16(21)15(20)11-13/h3-5,7-11,17-19,21H,2,6,12H2,1H3. The van der Waals surface area contributed by atoms with E-state index < -0.39 is 0 Å². The summed E-state index contributed by atoms with van der Waals surface area (Å²) in [6.07, 6.45) is 1.04. The second kappa shape index (κ2) is 7.88. The van der Waals surface area contributed by atoms with Crippen molar-refractivity contribution in [3.05, 3.63) is 59.1 Å². The first-order chi connectivity index (χ1) is 11.7. The maximum atomic E-state index is 9.66. The highest BCUT2D eigenvalue weighted by molar-refractivity contribution is 6.32. The molecule has 0 bridgehead atoms. The molecule has 0 aromatic heterocycles. The fourth-order valence-electron chi connectivity index (χ4n) is 2.73. The molecular formula is C19H21ClO4. The molecule has 2 aromatic rings. The fourth-order valence-corrected chi connectivity index (χ4v) is 2.91. The summed E-state index contributed by atoms with van der Waals surface area (Å²) in [5, 5.41) is 9.95. The van der Waals surface area contributed by atoms with E-state index in [2.05, 4.69) is 6.92 Å². The van der Waals surface area contributed by atoms with Crippen molar-refractivity contribution >= 4 is 11.6 Å². The average molecular weight is 349 g/mol. The number of phenols is 1. The molecule has 1 N–H and O–H groups in total. The number of benzene rings is 2. The van der Waals surface area contributed by atoms with Gasteiger partial charge in [-0.05, 0) is 36.2 Å². The average Bonchev–Trinajstić information content (AvgIpc) is 3.05. The summed E-state index contributed by atoms with van der Waals surface area (Å²) in [7, 11) is 0. The molecule has 1 fully saturated rings. The van der Waals surface area contributed by atoms with Gasteiger partial charge in [0.25, 0.3) is 0 Å². The number of rotatable bonds is 6. The molecule has 0 radical (unpaired) electrons. The maximum Gasteiger partial charge on any atom is 0.158 e. The number of hydrogen-bond acceptors (Lipinski definition) is 4. The molecule has 2 aromatic carbocycles. The Hall–Kier alpha value is -1.75. The van der Waals surface area contributed by atoms with Gasteiger partial charge in [-0.25, -0.2) is 0 Å². The van der Waals surface area contributed by atoms with Crippen LogP contribution >= 0.6 is 11.6 Å². The molecule has 1 saturated heterocycles. The van der Waals surface area contributed by atoms with Gasteiger partial charge in [0.2, 0.25) is 0 Å². The highest BCUT2D eigenvalue weighted by Crippen LogP contribution is 2.34. The Balaban J connectivity index is 1.84. The monoisotopic (exact) mass is 348 g/mol. The molecule has 1 aliphatic heterocycles. The molecule has 1 heterocycles. The van der Waals surface area contributed by atoms with Crippen LogP contribution in [0.25, 0.3) is 0 Å². The van der Waals surface area contributed by atoms with E-state index in [0.717, 1.165) is 24.2 Å². The SMILES string of the molecule is CCCC1OCC(C(Oc2ccccc2)c2ccc(O)c(Cl)c2)O1. The van der Waals surface area contributed by atoms with Crippen molar-refractivity contribution in [2.45, 2.75) is 38.3 Å². The fraction of sp³-hybridized carbons (Fsp3) is 0.368. The molecule has 3 unspecified atom stereocenters. The second-order valence-electron chi connectivity index (χ2n) is 5.79. The van der Waals surface area contributed by atoms with E-state index in [9.17, 15) is 5.11 Å². The summed E-state index contributed by atoms with van der Waals surface area (Å²) in [4.78, 5) is 0. The van der Waals surface area contributed by atoms with E-state index in [0.29, 0.717) is 6.61 Å². The van der Waals surface area contributed by atoms with Crippen molar-refractivity contribution in [2.75, 3.05) is 6.61 Å². The summed E-state index contributed by atoms with van der Waals surface area (Å²) in [6, 6.07) is 14.6. The Morgan fingerprint density at radius 2 is 2.04 bits per heavy atom. The van der Waals surface area contributed by atoms with Crippen molar-refractivity contribution in [3.63, 3.8) is 0 Å². The third-order valence-corrected chi connectivity index (χ3v) is 4.24. The largest absolute Gasteiger partial charge is 0.506 e. The van der Waals surface area contributed by atoms with Gasteiger partial charge in [-0.2, -0.15) is 0 Å². The van der Waals surface area contributed by atoms with Crippen molar-refractivity contribution in [1.82, 2.24) is 0 Å². The van der Waals surface area contributed by atoms with E-state index in [4.69, 9.17) is 25.8 Å². The van der Waals surface area contributed by atoms with E-state index in [-0.39, 0.29) is 29.3 Å². The van der Waals surface area contributed by atoms with Gasteiger partial charge in [0.1, 0.15) is 17.6 Å². The van der Waals surface area contributed by atoms with Crippen LogP contribution in [-0.2, 0) is 9.47 Å². The highest BCUT2D eigenvalue weighted by atomic mass is 35.5. The van der Waals surface area contributed by atoms with E-state index in [1.807, 2.05) is 30.3 Å². The zero-order chi connectivity index (χ0) is 16.9. The van der Waals surface area contributed by atoms with Gasteiger partial charge in [-0.15, -0.1) is 0 Å². The molecule has 0 aliphatic carbocycles. The third-order valence-electron chi connectivity index (χ3n) is 3.94. The molecule has 3 rings (SSSR count). The van der Waals surface area contributed by atoms with Crippen LogP contribution in [0.15, 0.2) is 48.5 Å². The van der Waals surface area contributed by atoms with Gasteiger partial charge in [0, 0.05) is 0 Å². The number of para-hydroxylation sites is 1. The number of phenolic OH excluding ortho intramolecular Hbond substituents is 1. The molecule has 5 heteroatoms. The lowest BCUT2D eigenvalue weighted by Crippen LogP contribution is -2.26. The zero-order valence-electron chi connectivity index (χ0n) is 13.5. The van der Waals surface area contributed by atoms with Crippen LogP contribution in [0.1, 0.15) is 31.4 Å². The molecule has 24 heavy (non-hydrogen) atoms. The molecule has 4 nitrogen and oxygen atoms in total. The maximum absolute atomic E-state index is 9.66. The van der Waals surface area contributed by atoms with Crippen molar-refractivity contribution in [2.24, 2.45) is 0 Å². The van der Waals surface area contributed by atoms with Crippen LogP contribution in [0.2, 0.25) is 5.02 Å². The zero-order valence-corrected chi connectivity index (χ0v) is 14.3. The molecule has 3 atom stereocenters. The van der Waals surface area contributed by atoms with Crippen LogP contribution in [-0.4, -0.2) is 24.1 Å². The first-order valence-electron chi connectivity index (χ1n) is 8.14. The minimum absolute atomic E-state index is 0.0475. The molecule has 1 aliphatic rings. The van der Waals surface area contributed by atoms with Crippen molar-refractivity contribution in [1.29, 1.82) is 0 Å². The van der Waals surface area contributed by atoms with E-state index >= 15 is 0 Å². The summed E-state index contributed by atoms with van der Waals surface area (Å²) < 4.78 is 17.9. The van der Waals surface area contributed by atoms with Crippen molar-refractivity contribution < 1.29 is 19.3 Å². The van der Waals surface area contributed by atoms with Gasteiger partial charge in [-0.3, -0.25) is 0 Å². The molecular weight excluding hydrogens is 328 g/mol. The Kier molecular flexibility index (Phi) is 5.61. The predicted molar refractivity (Wildman–Crippen MR) is 92.4 cm³/mol. The van der Waals surface area contributed by atoms with Crippen LogP contribution in [0.5, 0.6) is 11.5 Å². The lowest BCUT2D eigenvalue weighted by Gasteiger charge is -2.24. The minimum Gasteiger partial charge on any atom is -0.506 e. The highest BCUT2D eigenvalue weighted by Gasteiger charge is 2.35. The van der Waals surface area contributed by atoms with Crippen LogP contribution < -0.4 is 4.74 Å². The van der Waals surface area contributed by atoms with Crippen LogP contribution in [0.4, 0.5) is 0 Å². The lowest BCUT2D eigenvalue weighted by atomic mass is 10.0. The quantitative estimate of drug-likeness (QED) is 0.821. The summed E-state index contributed by atoms with van der Waals surface area (Å²) in [5.41, 5.74) is 0.840. The van der Waals surface area contributed by atoms with Gasteiger partial charge in [-0.1, -0.05) is 49.2 Å². The van der Waals surface area contributed by atoms with Crippen molar-refractivity contribution in [3.8, 4) is 11.5 Å². The van der Waals surface area contributed by atoms with E-state index in [1.165, 1.54) is 0 Å². The predicted octanol–water partition coefficient (Wildman–Crippen LogP) is 4.71. The number of hydrogen-bond donors (Lipinski definition) is 1. The smallest absolute Gasteiger partial charge is 0.158 e. The Labute approximate surface area is 146 Å². The van der Waals surface area contributed by atoms with Gasteiger partial charge >= 0.3 is 0 Å². The minimum atomic E-state index is -0.368. The molecule has 0 amide bonds. The third kappa shape index (κ3) is 4.01. The topological polar surface area (TPSA) is 47.9 Å². The van der Waals surface area contributed by atoms with Gasteiger partial charge < -0.3 is 19.3 Å². The second-order valence-corrected chi connectivity index (χ2v) is 6.20. The molecule has 0 saturated carbocycles. The first-order valence-corrected chi connectivity index (χ1v) is 8.52. The summed E-state index contributed by atoms with van der Waals surface area (Å²) in [6.45, 7) is 2.55. The number of aromatic hydroxyl groups is 1. The molecule has 128 valence electrons. The van der Waals surface area contributed by atoms with Crippen LogP contribution in [0, 0.1) is 0 Å². The Bertz CT molecular complexity index is 662. The summed E-state index contributed by atoms with van der Waals surface area (Å²) in [5.74, 6) is 0.792. The van der Waals surface area contributed by atoms with Crippen LogP contribution in [0.3, 0.4) is 0 Å². The first kappa shape index (κ1) is 17.1. The number of halogens is 1. The Morgan fingerprint density at radius 1 is 1.25 bits per heavy atom. The summed E-state index contributed by atoms with van der Waals surface area (Å²) >= 11 is 6.07. The van der Waals surface area contributed by atoms with Gasteiger partial charge in [0.05, 0.1) is 11.6 Å². The lowest BCUT2D eigenvalue weighted by molar-refractivity contribution is -0.0808. The van der Waals surface area contributed by atoms with Gasteiger partial charge in [0.15, 0.2) is 12.4 Å². The molecule has 0 spiro atoms. The van der Waals surface area contributed by atoms with E-state index in [1.54, 1.807) is 18.2 Å². The number of ether oxygens (including phenoxy) is 3. The Morgan fingerprint density at radius 3 is 2.75 bits per heavy atom. The normalized spacial score (nSPS) is 21.6.